The summed E-state index contributed by atoms with van der Waals surface area (Å²) < 4.78 is 21.1. The average Bonchev–Trinajstić information content (AvgIpc) is 2.90. The van der Waals surface area contributed by atoms with Gasteiger partial charge in [0.2, 0.25) is 0 Å². The molecule has 2 fully saturated rings. The fraction of sp³-hybridized carbons (Fsp3) is 0.621. The van der Waals surface area contributed by atoms with Gasteiger partial charge in [-0.3, -0.25) is 9.59 Å². The monoisotopic (exact) mass is 500 g/mol. The van der Waals surface area contributed by atoms with Crippen LogP contribution in [0.15, 0.2) is 36.9 Å². The standard InChI is InChI=1S/C29H40O7/c1-3-27(30)34-17-4-5-18-35-29(32)24-15-13-23(14-16-24)22-11-9-21(10-12-22)19-28(31)36-26-8-6-7-25(20-26)33-2/h3,6-8,20-24H,1,4-5,9-19H2,2H3. The SMILES string of the molecule is C=CC(=O)OCCCCOC(=O)C1CCC(C2CCC(CC(=O)Oc3cccc(OC)c3)CC2)CC1. The molecule has 2 saturated carbocycles. The van der Waals surface area contributed by atoms with E-state index in [0.717, 1.165) is 57.4 Å². The average molecular weight is 501 g/mol. The number of hydrogen-bond acceptors (Lipinski definition) is 7. The van der Waals surface area contributed by atoms with Gasteiger partial charge in [0.1, 0.15) is 11.5 Å². The van der Waals surface area contributed by atoms with Gasteiger partial charge < -0.3 is 18.9 Å². The van der Waals surface area contributed by atoms with E-state index in [1.165, 1.54) is 0 Å². The summed E-state index contributed by atoms with van der Waals surface area (Å²) in [4.78, 5) is 35.8. The molecule has 0 atom stereocenters. The van der Waals surface area contributed by atoms with E-state index in [9.17, 15) is 14.4 Å². The number of hydrogen-bond donors (Lipinski definition) is 0. The number of benzene rings is 1. The molecule has 0 saturated heterocycles. The van der Waals surface area contributed by atoms with Crippen molar-refractivity contribution >= 4 is 17.9 Å². The molecule has 1 aromatic carbocycles. The molecule has 198 valence electrons. The van der Waals surface area contributed by atoms with Gasteiger partial charge in [0, 0.05) is 18.6 Å². The van der Waals surface area contributed by atoms with Gasteiger partial charge in [0.15, 0.2) is 0 Å². The molecule has 0 unspecified atom stereocenters. The third-order valence-electron chi connectivity index (χ3n) is 7.59. The number of unbranched alkanes of at least 4 members (excludes halogenated alkanes) is 1. The van der Waals surface area contributed by atoms with E-state index in [4.69, 9.17) is 18.9 Å². The fourth-order valence-corrected chi connectivity index (χ4v) is 5.49. The van der Waals surface area contributed by atoms with Gasteiger partial charge >= 0.3 is 17.9 Å². The van der Waals surface area contributed by atoms with Gasteiger partial charge in [-0.25, -0.2) is 4.79 Å². The molecule has 36 heavy (non-hydrogen) atoms. The molecule has 2 aliphatic carbocycles. The summed E-state index contributed by atoms with van der Waals surface area (Å²) in [5, 5.41) is 0. The lowest BCUT2D eigenvalue weighted by molar-refractivity contribution is -0.150. The van der Waals surface area contributed by atoms with Crippen LogP contribution in [0.2, 0.25) is 0 Å². The number of rotatable bonds is 12. The zero-order valence-electron chi connectivity index (χ0n) is 21.5. The zero-order chi connectivity index (χ0) is 25.8. The van der Waals surface area contributed by atoms with Crippen LogP contribution < -0.4 is 9.47 Å². The van der Waals surface area contributed by atoms with Crippen LogP contribution >= 0.6 is 0 Å². The Morgan fingerprint density at radius 3 is 2.14 bits per heavy atom. The second-order valence-electron chi connectivity index (χ2n) is 10.00. The minimum absolute atomic E-state index is 0.00237. The molecule has 0 amide bonds. The van der Waals surface area contributed by atoms with E-state index >= 15 is 0 Å². The van der Waals surface area contributed by atoms with Crippen LogP contribution in [0.3, 0.4) is 0 Å². The van der Waals surface area contributed by atoms with E-state index in [1.807, 2.05) is 12.1 Å². The normalized spacial score (nSPS) is 23.8. The van der Waals surface area contributed by atoms with Crippen LogP contribution in [0.5, 0.6) is 11.5 Å². The Morgan fingerprint density at radius 2 is 1.50 bits per heavy atom. The molecular weight excluding hydrogens is 460 g/mol. The van der Waals surface area contributed by atoms with Crippen molar-refractivity contribution < 1.29 is 33.3 Å². The summed E-state index contributed by atoms with van der Waals surface area (Å²) >= 11 is 0. The third-order valence-corrected chi connectivity index (χ3v) is 7.59. The maximum atomic E-state index is 12.4. The lowest BCUT2D eigenvalue weighted by Gasteiger charge is -2.37. The van der Waals surface area contributed by atoms with Crippen molar-refractivity contribution in [1.82, 2.24) is 0 Å². The highest BCUT2D eigenvalue weighted by molar-refractivity contribution is 5.81. The molecular formula is C29H40O7. The molecule has 7 nitrogen and oxygen atoms in total. The van der Waals surface area contributed by atoms with E-state index in [-0.39, 0.29) is 17.9 Å². The summed E-state index contributed by atoms with van der Waals surface area (Å²) in [7, 11) is 1.59. The molecule has 0 radical (unpaired) electrons. The Kier molecular flexibility index (Phi) is 11.3. The Bertz CT molecular complexity index is 864. The summed E-state index contributed by atoms with van der Waals surface area (Å²) in [6.07, 6.45) is 11.3. The van der Waals surface area contributed by atoms with Gasteiger partial charge in [-0.05, 0) is 94.1 Å². The van der Waals surface area contributed by atoms with Gasteiger partial charge in [-0.2, -0.15) is 0 Å². The fourth-order valence-electron chi connectivity index (χ4n) is 5.49. The van der Waals surface area contributed by atoms with E-state index in [1.54, 1.807) is 19.2 Å². The van der Waals surface area contributed by atoms with E-state index < -0.39 is 5.97 Å². The van der Waals surface area contributed by atoms with E-state index in [0.29, 0.717) is 61.7 Å². The molecule has 0 N–H and O–H groups in total. The highest BCUT2D eigenvalue weighted by atomic mass is 16.5. The van der Waals surface area contributed by atoms with Crippen molar-refractivity contribution in [3.8, 4) is 11.5 Å². The van der Waals surface area contributed by atoms with Gasteiger partial charge in [-0.15, -0.1) is 0 Å². The molecule has 3 rings (SSSR count). The first-order chi connectivity index (χ1) is 17.5. The Morgan fingerprint density at radius 1 is 0.889 bits per heavy atom. The lowest BCUT2D eigenvalue weighted by Crippen LogP contribution is -2.29. The molecule has 0 heterocycles. The first-order valence-electron chi connectivity index (χ1n) is 13.3. The molecule has 2 aliphatic rings. The van der Waals surface area contributed by atoms with Crippen molar-refractivity contribution in [3.05, 3.63) is 36.9 Å². The minimum Gasteiger partial charge on any atom is -0.497 e. The van der Waals surface area contributed by atoms with Crippen LogP contribution in [0.4, 0.5) is 0 Å². The molecule has 0 spiro atoms. The van der Waals surface area contributed by atoms with Crippen molar-refractivity contribution in [3.63, 3.8) is 0 Å². The highest BCUT2D eigenvalue weighted by Gasteiger charge is 2.34. The predicted molar refractivity (Wildman–Crippen MR) is 135 cm³/mol. The Hall–Kier alpha value is -2.83. The van der Waals surface area contributed by atoms with Crippen molar-refractivity contribution in [1.29, 1.82) is 0 Å². The van der Waals surface area contributed by atoms with Gasteiger partial charge in [-0.1, -0.05) is 12.6 Å². The highest BCUT2D eigenvalue weighted by Crippen LogP contribution is 2.42. The van der Waals surface area contributed by atoms with Crippen molar-refractivity contribution in [2.75, 3.05) is 20.3 Å². The molecule has 1 aromatic rings. The van der Waals surface area contributed by atoms with Gasteiger partial charge in [0.05, 0.1) is 26.2 Å². The first kappa shape index (κ1) is 27.8. The Labute approximate surface area is 214 Å². The largest absolute Gasteiger partial charge is 0.497 e. The van der Waals surface area contributed by atoms with Crippen LogP contribution in [0.1, 0.15) is 70.6 Å². The summed E-state index contributed by atoms with van der Waals surface area (Å²) in [5.41, 5.74) is 0. The maximum Gasteiger partial charge on any atom is 0.330 e. The van der Waals surface area contributed by atoms with Crippen LogP contribution in [0, 0.1) is 23.7 Å². The van der Waals surface area contributed by atoms with Crippen LogP contribution in [-0.2, 0) is 23.9 Å². The molecule has 7 heteroatoms. The number of carbonyl (C=O) groups is 3. The van der Waals surface area contributed by atoms with Crippen LogP contribution in [-0.4, -0.2) is 38.2 Å². The summed E-state index contributed by atoms with van der Waals surface area (Å²) in [6.45, 7) is 4.04. The topological polar surface area (TPSA) is 88.1 Å². The number of carbonyl (C=O) groups excluding carboxylic acids is 3. The molecule has 0 bridgehead atoms. The lowest BCUT2D eigenvalue weighted by atomic mass is 9.69. The number of esters is 3. The minimum atomic E-state index is -0.427. The number of methoxy groups -OCH3 is 1. The first-order valence-corrected chi connectivity index (χ1v) is 13.3. The second-order valence-corrected chi connectivity index (χ2v) is 10.00. The summed E-state index contributed by atoms with van der Waals surface area (Å²) in [6, 6.07) is 7.13. The third kappa shape index (κ3) is 8.99. The Balaban J connectivity index is 1.28. The zero-order valence-corrected chi connectivity index (χ0v) is 21.5. The summed E-state index contributed by atoms with van der Waals surface area (Å²) in [5.74, 6) is 2.24. The maximum absolute atomic E-state index is 12.4. The second kappa shape index (κ2) is 14.7. The van der Waals surface area contributed by atoms with Crippen molar-refractivity contribution in [2.24, 2.45) is 23.7 Å². The molecule has 0 aliphatic heterocycles. The quantitative estimate of drug-likeness (QED) is 0.158. The number of ether oxygens (including phenoxy) is 4. The molecule has 0 aromatic heterocycles. The smallest absolute Gasteiger partial charge is 0.330 e. The van der Waals surface area contributed by atoms with E-state index in [2.05, 4.69) is 6.58 Å². The van der Waals surface area contributed by atoms with Crippen LogP contribution in [0.25, 0.3) is 0 Å². The van der Waals surface area contributed by atoms with Crippen molar-refractivity contribution in [2.45, 2.75) is 70.6 Å². The predicted octanol–water partition coefficient (Wildman–Crippen LogP) is 5.66. The van der Waals surface area contributed by atoms with Gasteiger partial charge in [0.25, 0.3) is 0 Å².